The molecule has 1 atom stereocenters. The van der Waals surface area contributed by atoms with Crippen molar-refractivity contribution in [3.63, 3.8) is 0 Å². The summed E-state index contributed by atoms with van der Waals surface area (Å²) < 4.78 is 34.8. The number of benzene rings is 1. The summed E-state index contributed by atoms with van der Waals surface area (Å²) in [6, 6.07) is 6.08. The molecule has 0 N–H and O–H groups in total. The number of Topliss-reactive ketones (excluding diaryl/α,β-unsaturated/α-hetero) is 1. The Morgan fingerprint density at radius 1 is 1.26 bits per heavy atom. The third-order valence-electron chi connectivity index (χ3n) is 5.15. The van der Waals surface area contributed by atoms with Crippen LogP contribution in [0, 0.1) is 19.8 Å². The lowest BCUT2D eigenvalue weighted by Crippen LogP contribution is -2.34. The predicted molar refractivity (Wildman–Crippen MR) is 105 cm³/mol. The van der Waals surface area contributed by atoms with Crippen LogP contribution in [0.25, 0.3) is 0 Å². The molecule has 1 heterocycles. The molecule has 0 saturated heterocycles. The van der Waals surface area contributed by atoms with Gasteiger partial charge in [0.25, 0.3) is 0 Å². The second kappa shape index (κ2) is 7.81. The molecule has 27 heavy (non-hydrogen) atoms. The Bertz CT molecular complexity index is 1000. The Morgan fingerprint density at radius 3 is 2.63 bits per heavy atom. The molecular formula is C20H22BrNO4S. The first-order valence-electron chi connectivity index (χ1n) is 8.89. The summed E-state index contributed by atoms with van der Waals surface area (Å²) in [6.45, 7) is 4.55. The number of hydrogen-bond donors (Lipinski definition) is 0. The number of aromatic nitrogens is 1. The van der Waals surface area contributed by atoms with Crippen LogP contribution in [0.5, 0.6) is 0 Å². The topological polar surface area (TPSA) is 78.1 Å². The van der Waals surface area contributed by atoms with Crippen molar-refractivity contribution in [2.75, 3.05) is 5.75 Å². The molecule has 1 aliphatic carbocycles. The molecule has 0 aliphatic heterocycles. The minimum Gasteiger partial charge on any atom is -0.748 e. The third kappa shape index (κ3) is 4.83. The Balaban J connectivity index is 1.69. The first-order valence-corrected chi connectivity index (χ1v) is 11.3. The number of hydrogen-bond acceptors (Lipinski definition) is 4. The Labute approximate surface area is 168 Å². The summed E-state index contributed by atoms with van der Waals surface area (Å²) in [5.74, 6) is -0.219. The zero-order valence-electron chi connectivity index (χ0n) is 15.4. The average Bonchev–Trinajstić information content (AvgIpc) is 2.85. The SMILES string of the molecule is Cc1cc2c(cc1C)C(=O)C(Cc1cc[n+](CCCS(=O)(=O)[O-])cc1Br)C2. The highest BCUT2D eigenvalue weighted by molar-refractivity contribution is 9.10. The van der Waals surface area contributed by atoms with Gasteiger partial charge in [-0.1, -0.05) is 6.07 Å². The number of carbonyl (C=O) groups is 1. The predicted octanol–water partition coefficient (Wildman–Crippen LogP) is 2.89. The normalized spacial score (nSPS) is 16.6. The van der Waals surface area contributed by atoms with Gasteiger partial charge in [0.1, 0.15) is 6.54 Å². The smallest absolute Gasteiger partial charge is 0.183 e. The average molecular weight is 452 g/mol. The monoisotopic (exact) mass is 451 g/mol. The molecule has 1 aromatic heterocycles. The lowest BCUT2D eigenvalue weighted by molar-refractivity contribution is -0.697. The van der Waals surface area contributed by atoms with Crippen LogP contribution in [0.15, 0.2) is 35.1 Å². The van der Waals surface area contributed by atoms with Gasteiger partial charge in [0, 0.05) is 29.7 Å². The van der Waals surface area contributed by atoms with Gasteiger partial charge in [0.05, 0.1) is 14.6 Å². The van der Waals surface area contributed by atoms with Gasteiger partial charge < -0.3 is 4.55 Å². The Kier molecular flexibility index (Phi) is 5.84. The second-order valence-electron chi connectivity index (χ2n) is 7.23. The summed E-state index contributed by atoms with van der Waals surface area (Å²) in [4.78, 5) is 12.8. The van der Waals surface area contributed by atoms with Crippen molar-refractivity contribution in [3.05, 3.63) is 62.9 Å². The van der Waals surface area contributed by atoms with Crippen LogP contribution in [-0.4, -0.2) is 24.5 Å². The van der Waals surface area contributed by atoms with E-state index in [2.05, 4.69) is 28.9 Å². The van der Waals surface area contributed by atoms with E-state index < -0.39 is 10.1 Å². The molecular weight excluding hydrogens is 430 g/mol. The van der Waals surface area contributed by atoms with Crippen LogP contribution in [0.4, 0.5) is 0 Å². The molecule has 7 heteroatoms. The van der Waals surface area contributed by atoms with E-state index in [1.165, 1.54) is 5.56 Å². The lowest BCUT2D eigenvalue weighted by Gasteiger charge is -2.09. The van der Waals surface area contributed by atoms with Crippen LogP contribution in [-0.2, 0) is 29.5 Å². The number of halogens is 1. The van der Waals surface area contributed by atoms with Crippen molar-refractivity contribution in [2.45, 2.75) is 39.7 Å². The number of fused-ring (bicyclic) bond motifs is 1. The highest BCUT2D eigenvalue weighted by atomic mass is 79.9. The molecule has 0 saturated carbocycles. The fraction of sp³-hybridized carbons (Fsp3) is 0.400. The van der Waals surface area contributed by atoms with Crippen molar-refractivity contribution < 1.29 is 22.3 Å². The second-order valence-corrected chi connectivity index (χ2v) is 9.61. The zero-order valence-corrected chi connectivity index (χ0v) is 17.8. The molecule has 0 spiro atoms. The van der Waals surface area contributed by atoms with E-state index in [0.717, 1.165) is 33.1 Å². The maximum Gasteiger partial charge on any atom is 0.183 e. The molecule has 5 nitrogen and oxygen atoms in total. The van der Waals surface area contributed by atoms with Gasteiger partial charge >= 0.3 is 0 Å². The molecule has 3 rings (SSSR count). The maximum atomic E-state index is 12.8. The molecule has 144 valence electrons. The van der Waals surface area contributed by atoms with Gasteiger partial charge in [-0.2, -0.15) is 0 Å². The van der Waals surface area contributed by atoms with E-state index >= 15 is 0 Å². The van der Waals surface area contributed by atoms with E-state index in [1.807, 2.05) is 36.0 Å². The van der Waals surface area contributed by atoms with Crippen molar-refractivity contribution in [3.8, 4) is 0 Å². The molecule has 0 amide bonds. The quantitative estimate of drug-likeness (QED) is 0.499. The van der Waals surface area contributed by atoms with Gasteiger partial charge in [-0.3, -0.25) is 4.79 Å². The number of nitrogens with zero attached hydrogens (tertiary/aromatic N) is 1. The van der Waals surface area contributed by atoms with Gasteiger partial charge in [0.2, 0.25) is 0 Å². The lowest BCUT2D eigenvalue weighted by atomic mass is 9.96. The van der Waals surface area contributed by atoms with Crippen molar-refractivity contribution in [1.82, 2.24) is 0 Å². The molecule has 0 fully saturated rings. The summed E-state index contributed by atoms with van der Waals surface area (Å²) in [5, 5.41) is 0. The summed E-state index contributed by atoms with van der Waals surface area (Å²) in [6.07, 6.45) is 5.42. The number of aryl methyl sites for hydroxylation is 3. The fourth-order valence-corrected chi connectivity index (χ4v) is 4.59. The number of pyridine rings is 1. The maximum absolute atomic E-state index is 12.8. The first-order chi connectivity index (χ1) is 12.6. The fourth-order valence-electron chi connectivity index (χ4n) is 3.55. The standard InChI is InChI=1S/C20H22BrNO4S/c1-13-8-16-11-17(20(23)18(16)9-14(13)2)10-15-4-6-22(12-19(15)21)5-3-7-27(24,25)26/h4,6,8-9,12,17H,3,5,7,10-11H2,1-2H3. The highest BCUT2D eigenvalue weighted by Crippen LogP contribution is 2.32. The summed E-state index contributed by atoms with van der Waals surface area (Å²) >= 11 is 3.55. The van der Waals surface area contributed by atoms with E-state index in [4.69, 9.17) is 0 Å². The highest BCUT2D eigenvalue weighted by Gasteiger charge is 2.31. The van der Waals surface area contributed by atoms with Crippen LogP contribution >= 0.6 is 15.9 Å². The summed E-state index contributed by atoms with van der Waals surface area (Å²) in [5.41, 5.74) is 5.38. The van der Waals surface area contributed by atoms with Gasteiger partial charge in [-0.25, -0.2) is 13.0 Å². The van der Waals surface area contributed by atoms with E-state index in [0.29, 0.717) is 13.0 Å². The Hall–Kier alpha value is -1.57. The minimum absolute atomic E-state index is 0.0565. The van der Waals surface area contributed by atoms with Crippen molar-refractivity contribution >= 4 is 31.8 Å². The largest absolute Gasteiger partial charge is 0.748 e. The molecule has 1 unspecified atom stereocenters. The van der Waals surface area contributed by atoms with E-state index in [1.54, 1.807) is 0 Å². The molecule has 2 aromatic rings. The third-order valence-corrected chi connectivity index (χ3v) is 6.65. The van der Waals surface area contributed by atoms with Crippen molar-refractivity contribution in [1.29, 1.82) is 0 Å². The number of rotatable bonds is 6. The van der Waals surface area contributed by atoms with Gasteiger partial charge in [0.15, 0.2) is 18.2 Å². The first kappa shape index (κ1) is 20.2. The van der Waals surface area contributed by atoms with E-state index in [9.17, 15) is 17.8 Å². The minimum atomic E-state index is -4.18. The molecule has 1 aliphatic rings. The van der Waals surface area contributed by atoms with Gasteiger partial charge in [-0.15, -0.1) is 0 Å². The molecule has 1 aromatic carbocycles. The molecule has 0 radical (unpaired) electrons. The Morgan fingerprint density at radius 2 is 1.96 bits per heavy atom. The molecule has 0 bridgehead atoms. The number of carbonyl (C=O) groups excluding carboxylic acids is 1. The van der Waals surface area contributed by atoms with Gasteiger partial charge in [-0.05, 0) is 70.9 Å². The van der Waals surface area contributed by atoms with Crippen LogP contribution in [0.2, 0.25) is 0 Å². The van der Waals surface area contributed by atoms with Crippen LogP contribution in [0.1, 0.15) is 39.0 Å². The van der Waals surface area contributed by atoms with E-state index in [-0.39, 0.29) is 23.9 Å². The summed E-state index contributed by atoms with van der Waals surface area (Å²) in [7, 11) is -4.18. The van der Waals surface area contributed by atoms with Crippen molar-refractivity contribution in [2.24, 2.45) is 5.92 Å². The number of ketones is 1. The van der Waals surface area contributed by atoms with Crippen LogP contribution in [0.3, 0.4) is 0 Å². The zero-order chi connectivity index (χ0) is 19.8. The van der Waals surface area contributed by atoms with Crippen LogP contribution < -0.4 is 4.57 Å².